The summed E-state index contributed by atoms with van der Waals surface area (Å²) >= 11 is -3.29. The fourth-order valence-corrected chi connectivity index (χ4v) is 0. The van der Waals surface area contributed by atoms with Gasteiger partial charge in [0.15, 0.2) is 0 Å². The van der Waals surface area contributed by atoms with Crippen molar-refractivity contribution in [3.8, 4) is 0 Å². The van der Waals surface area contributed by atoms with Crippen molar-refractivity contribution < 1.29 is 15.5 Å². The molecule has 0 heterocycles. The van der Waals surface area contributed by atoms with Crippen LogP contribution in [0.4, 0.5) is 0 Å². The topological polar surface area (TPSA) is 0 Å². The zero-order valence-electron chi connectivity index (χ0n) is 2.01. The zero-order valence-corrected chi connectivity index (χ0v) is 7.49. The summed E-state index contributed by atoms with van der Waals surface area (Å²) in [5.41, 5.74) is 0. The van der Waals surface area contributed by atoms with Crippen molar-refractivity contribution in [2.45, 2.75) is 0 Å². The van der Waals surface area contributed by atoms with Crippen LogP contribution in [0, 0.1) is 0 Å². The molecule has 0 aromatic heterocycles. The number of hydrogen-bond acceptors (Lipinski definition) is 0. The Morgan fingerprint density at radius 3 is 0.800 bits per heavy atom. The minimum absolute atomic E-state index is 3.29. The molecule has 0 aliphatic carbocycles. The van der Waals surface area contributed by atoms with Crippen molar-refractivity contribution in [2.75, 3.05) is 0 Å². The van der Waals surface area contributed by atoms with Gasteiger partial charge in [0.1, 0.15) is 0 Å². The van der Waals surface area contributed by atoms with Crippen LogP contribution in [0.5, 0.6) is 0 Å². The zero-order chi connectivity index (χ0) is 4.50. The van der Waals surface area contributed by atoms with Gasteiger partial charge in [-0.15, -0.1) is 0 Å². The van der Waals surface area contributed by atoms with E-state index in [0.29, 0.717) is 0 Å². The first-order valence-electron chi connectivity index (χ1n) is 0.756. The first-order chi connectivity index (χ1) is 2.00. The SMILES string of the molecule is [Cl][89Zr]([Cl])([Cl])[Cl]. The van der Waals surface area contributed by atoms with Crippen LogP contribution >= 0.6 is 34.1 Å². The van der Waals surface area contributed by atoms with Crippen LogP contribution in [0.3, 0.4) is 0 Å². The predicted molar refractivity (Wildman–Crippen MR) is 23.4 cm³/mol. The molecule has 0 aromatic carbocycles. The first kappa shape index (κ1) is 7.04. The van der Waals surface area contributed by atoms with Crippen molar-refractivity contribution in [3.63, 3.8) is 0 Å². The molecule has 0 unspecified atom stereocenters. The molecule has 0 saturated carbocycles. The van der Waals surface area contributed by atoms with Gasteiger partial charge in [0.2, 0.25) is 0 Å². The number of halogens is 4. The summed E-state index contributed by atoms with van der Waals surface area (Å²) < 4.78 is 0. The van der Waals surface area contributed by atoms with Crippen LogP contribution in [0.15, 0.2) is 0 Å². The van der Waals surface area contributed by atoms with E-state index in [1.54, 1.807) is 0 Å². The summed E-state index contributed by atoms with van der Waals surface area (Å²) in [7, 11) is 20.1. The monoisotopic (exact) mass is 229 g/mol. The molecule has 0 amide bonds. The van der Waals surface area contributed by atoms with E-state index in [0.717, 1.165) is 0 Å². The maximum atomic E-state index is 5.04. The number of rotatable bonds is 0. The van der Waals surface area contributed by atoms with E-state index in [1.165, 1.54) is 0 Å². The van der Waals surface area contributed by atoms with Gasteiger partial charge in [0.25, 0.3) is 0 Å². The minimum atomic E-state index is -3.29. The second-order valence-electron chi connectivity index (χ2n) is 0.429. The van der Waals surface area contributed by atoms with E-state index in [9.17, 15) is 0 Å². The maximum absolute atomic E-state index is 5.04. The second-order valence-corrected chi connectivity index (χ2v) is 22.8. The standard InChI is InChI=1S/4ClH.Zr/h4*1H;/q;;;;+4/p-4/i;;;;1-2. The Balaban J connectivity index is 3.02. The normalized spacial score (nSPS) is 12.0. The third kappa shape index (κ3) is 23.7. The molecule has 0 bridgehead atoms. The molecule has 0 N–H and O–H groups in total. The summed E-state index contributed by atoms with van der Waals surface area (Å²) in [5, 5.41) is 0. The van der Waals surface area contributed by atoms with E-state index < -0.39 is 15.5 Å². The molecule has 0 radical (unpaired) electrons. The van der Waals surface area contributed by atoms with Crippen LogP contribution < -0.4 is 0 Å². The van der Waals surface area contributed by atoms with Gasteiger partial charge in [-0.1, -0.05) is 0 Å². The van der Waals surface area contributed by atoms with E-state index >= 15 is 0 Å². The third-order valence-electron chi connectivity index (χ3n) is 0. The van der Waals surface area contributed by atoms with Crippen LogP contribution in [0.25, 0.3) is 0 Å². The molecule has 0 aliphatic heterocycles. The van der Waals surface area contributed by atoms with Crippen molar-refractivity contribution in [3.05, 3.63) is 0 Å². The van der Waals surface area contributed by atoms with Crippen molar-refractivity contribution in [2.24, 2.45) is 0 Å². The third-order valence-corrected chi connectivity index (χ3v) is 0. The predicted octanol–water partition coefficient (Wildman–Crippen LogP) is 2.76. The molecule has 5 heteroatoms. The van der Waals surface area contributed by atoms with Gasteiger partial charge in [-0.3, -0.25) is 0 Å². The van der Waals surface area contributed by atoms with Crippen LogP contribution in [-0.4, -0.2) is 0 Å². The van der Waals surface area contributed by atoms with Gasteiger partial charge in [0.05, 0.1) is 0 Å². The molecule has 0 spiro atoms. The van der Waals surface area contributed by atoms with Crippen LogP contribution in [-0.2, 0) is 15.5 Å². The van der Waals surface area contributed by atoms with E-state index in [-0.39, 0.29) is 0 Å². The van der Waals surface area contributed by atoms with Crippen molar-refractivity contribution >= 4 is 34.1 Å². The van der Waals surface area contributed by atoms with Gasteiger partial charge >= 0.3 is 49.5 Å². The second kappa shape index (κ2) is 2.38. The molecule has 0 rings (SSSR count). The van der Waals surface area contributed by atoms with Gasteiger partial charge in [-0.05, 0) is 0 Å². The average Bonchev–Trinajstić information content (AvgIpc) is 0.722. The molecule has 0 aliphatic rings. The van der Waals surface area contributed by atoms with Gasteiger partial charge < -0.3 is 0 Å². The molecule has 0 aromatic rings. The Bertz CT molecular complexity index is 19.1. The van der Waals surface area contributed by atoms with E-state index in [4.69, 9.17) is 34.1 Å². The van der Waals surface area contributed by atoms with Crippen LogP contribution in [0.1, 0.15) is 0 Å². The Morgan fingerprint density at radius 2 is 0.800 bits per heavy atom. The summed E-state index contributed by atoms with van der Waals surface area (Å²) in [4.78, 5) is 0. The fourth-order valence-electron chi connectivity index (χ4n) is 0. The summed E-state index contributed by atoms with van der Waals surface area (Å²) in [6.45, 7) is 0. The van der Waals surface area contributed by atoms with Gasteiger partial charge in [-0.25, -0.2) is 0 Å². The molecule has 0 saturated heterocycles. The van der Waals surface area contributed by atoms with Crippen molar-refractivity contribution in [1.29, 1.82) is 0 Å². The Morgan fingerprint density at radius 1 is 0.800 bits per heavy atom. The molecule has 0 nitrogen and oxygen atoms in total. The molecule has 32 valence electrons. The Labute approximate surface area is 48.9 Å². The summed E-state index contributed by atoms with van der Waals surface area (Å²) in [6.07, 6.45) is 0. The summed E-state index contributed by atoms with van der Waals surface area (Å²) in [6, 6.07) is 0. The molecule has 5 heavy (non-hydrogen) atoms. The quantitative estimate of drug-likeness (QED) is 0.600. The van der Waals surface area contributed by atoms with E-state index in [2.05, 4.69) is 0 Å². The molecule has 0 fully saturated rings. The van der Waals surface area contributed by atoms with Crippen LogP contribution in [0.2, 0.25) is 0 Å². The number of hydrogen-bond donors (Lipinski definition) is 0. The first-order valence-corrected chi connectivity index (χ1v) is 13.4. The Hall–Kier alpha value is 2.04. The van der Waals surface area contributed by atoms with Crippen molar-refractivity contribution in [1.82, 2.24) is 0 Å². The molecule has 0 atom stereocenters. The molecular weight excluding hydrogens is 231 g/mol. The van der Waals surface area contributed by atoms with E-state index in [1.807, 2.05) is 0 Å². The molecular formula is Cl4Zr. The average molecular weight is 231 g/mol. The van der Waals surface area contributed by atoms with Gasteiger partial charge in [0, 0.05) is 0 Å². The Kier molecular flexibility index (Phi) is 3.35. The van der Waals surface area contributed by atoms with Gasteiger partial charge in [-0.2, -0.15) is 0 Å². The fraction of sp³-hybridized carbons (Fsp3) is 0. The summed E-state index contributed by atoms with van der Waals surface area (Å²) in [5.74, 6) is 0.